The average Bonchev–Trinajstić information content (AvgIpc) is 3.11. The maximum atomic E-state index is 5.97. The van der Waals surface area contributed by atoms with Crippen molar-refractivity contribution in [3.8, 4) is 23.0 Å². The van der Waals surface area contributed by atoms with Crippen LogP contribution in [0.3, 0.4) is 0 Å². The Balaban J connectivity index is 1.89. The van der Waals surface area contributed by atoms with Crippen LogP contribution in [0.2, 0.25) is 5.02 Å². The zero-order valence-electron chi connectivity index (χ0n) is 10.7. The van der Waals surface area contributed by atoms with E-state index < -0.39 is 0 Å². The minimum atomic E-state index is 0.399. The van der Waals surface area contributed by atoms with Crippen LogP contribution in [0.25, 0.3) is 23.0 Å². The smallest absolute Gasteiger partial charge is 0.277 e. The molecule has 1 aromatic carbocycles. The number of halogens is 2. The Morgan fingerprint density at radius 3 is 2.95 bits per heavy atom. The molecule has 108 valence electrons. The highest BCUT2D eigenvalue weighted by molar-refractivity contribution is 9.10. The van der Waals surface area contributed by atoms with E-state index in [4.69, 9.17) is 21.9 Å². The molecule has 0 atom stereocenters. The topological polar surface area (TPSA) is 77.8 Å². The van der Waals surface area contributed by atoms with E-state index in [9.17, 15) is 0 Å². The van der Waals surface area contributed by atoms with E-state index in [-0.39, 0.29) is 0 Å². The fourth-order valence-corrected chi connectivity index (χ4v) is 3.01. The van der Waals surface area contributed by atoms with Crippen LogP contribution in [0.4, 0.5) is 0 Å². The number of thiazole rings is 1. The van der Waals surface area contributed by atoms with E-state index in [0.717, 1.165) is 21.5 Å². The molecule has 2 heterocycles. The Labute approximate surface area is 138 Å². The minimum absolute atomic E-state index is 0.399. The van der Waals surface area contributed by atoms with Gasteiger partial charge in [-0.05, 0) is 40.7 Å². The Kier molecular flexibility index (Phi) is 4.34. The quantitative estimate of drug-likeness (QED) is 0.739. The maximum Gasteiger partial charge on any atom is 0.277 e. The summed E-state index contributed by atoms with van der Waals surface area (Å²) in [4.78, 5) is 8.79. The molecule has 0 aliphatic heterocycles. The van der Waals surface area contributed by atoms with E-state index in [0.29, 0.717) is 29.0 Å². The molecule has 3 rings (SSSR count). The van der Waals surface area contributed by atoms with Crippen molar-refractivity contribution < 1.29 is 4.52 Å². The molecule has 0 amide bonds. The van der Waals surface area contributed by atoms with Crippen LogP contribution < -0.4 is 5.73 Å². The van der Waals surface area contributed by atoms with Gasteiger partial charge in [0, 0.05) is 21.8 Å². The minimum Gasteiger partial charge on any atom is -0.332 e. The van der Waals surface area contributed by atoms with Crippen molar-refractivity contribution in [2.75, 3.05) is 6.54 Å². The first-order chi connectivity index (χ1) is 10.2. The van der Waals surface area contributed by atoms with Crippen molar-refractivity contribution in [2.45, 2.75) is 6.42 Å². The van der Waals surface area contributed by atoms with E-state index in [1.54, 1.807) is 6.07 Å². The zero-order chi connectivity index (χ0) is 14.8. The number of aromatic nitrogens is 3. The molecule has 3 aromatic rings. The van der Waals surface area contributed by atoms with Gasteiger partial charge in [-0.25, -0.2) is 4.98 Å². The third-order valence-electron chi connectivity index (χ3n) is 2.73. The number of hydrogen-bond acceptors (Lipinski definition) is 6. The van der Waals surface area contributed by atoms with Gasteiger partial charge < -0.3 is 10.3 Å². The largest absolute Gasteiger partial charge is 0.332 e. The lowest BCUT2D eigenvalue weighted by Crippen LogP contribution is -2.01. The number of rotatable bonds is 4. The molecule has 0 radical (unpaired) electrons. The molecular weight excluding hydrogens is 376 g/mol. The Bertz CT molecular complexity index is 773. The normalized spacial score (nSPS) is 11.0. The molecule has 21 heavy (non-hydrogen) atoms. The first-order valence-electron chi connectivity index (χ1n) is 6.11. The van der Waals surface area contributed by atoms with Crippen LogP contribution in [0, 0.1) is 0 Å². The fraction of sp³-hybridized carbons (Fsp3) is 0.154. The van der Waals surface area contributed by atoms with Crippen LogP contribution in [0.15, 0.2) is 32.6 Å². The third-order valence-corrected chi connectivity index (χ3v) is 4.86. The lowest BCUT2D eigenvalue weighted by molar-refractivity contribution is 0.431. The molecule has 8 heteroatoms. The highest BCUT2D eigenvalue weighted by Crippen LogP contribution is 2.29. The number of benzene rings is 1. The second-order valence-electron chi connectivity index (χ2n) is 4.22. The molecule has 0 saturated carbocycles. The van der Waals surface area contributed by atoms with Gasteiger partial charge in [0.1, 0.15) is 5.69 Å². The first-order valence-corrected chi connectivity index (χ1v) is 8.16. The van der Waals surface area contributed by atoms with Crippen molar-refractivity contribution in [2.24, 2.45) is 5.73 Å². The predicted molar refractivity (Wildman–Crippen MR) is 86.3 cm³/mol. The van der Waals surface area contributed by atoms with Crippen LogP contribution in [-0.2, 0) is 6.42 Å². The molecule has 0 aliphatic rings. The summed E-state index contributed by atoms with van der Waals surface area (Å²) in [7, 11) is 0. The van der Waals surface area contributed by atoms with Gasteiger partial charge in [0.25, 0.3) is 5.89 Å². The fourth-order valence-electron chi connectivity index (χ4n) is 1.73. The van der Waals surface area contributed by atoms with E-state index in [1.807, 2.05) is 17.5 Å². The Morgan fingerprint density at radius 2 is 2.19 bits per heavy atom. The van der Waals surface area contributed by atoms with Crippen LogP contribution in [-0.4, -0.2) is 21.7 Å². The highest BCUT2D eigenvalue weighted by Gasteiger charge is 2.14. The third kappa shape index (κ3) is 3.16. The standard InChI is InChI=1S/C13H10BrClN4OS/c14-8-5-7(1-2-9(8)15)12-18-13(20-19-12)10-6-21-11(17-10)3-4-16/h1-2,5-6H,3-4,16H2. The van der Waals surface area contributed by atoms with Gasteiger partial charge >= 0.3 is 0 Å². The van der Waals surface area contributed by atoms with Crippen LogP contribution in [0.1, 0.15) is 5.01 Å². The first kappa shape index (κ1) is 14.6. The molecular formula is C13H10BrClN4OS. The van der Waals surface area contributed by atoms with Crippen molar-refractivity contribution in [3.05, 3.63) is 38.1 Å². The van der Waals surface area contributed by atoms with E-state index in [1.165, 1.54) is 11.3 Å². The summed E-state index contributed by atoms with van der Waals surface area (Å²) in [5.41, 5.74) is 7.01. The molecule has 2 N–H and O–H groups in total. The molecule has 0 spiro atoms. The van der Waals surface area contributed by atoms with Gasteiger partial charge in [-0.2, -0.15) is 4.98 Å². The van der Waals surface area contributed by atoms with Gasteiger partial charge in [0.05, 0.1) is 10.0 Å². The predicted octanol–water partition coefficient (Wildman–Crippen LogP) is 3.78. The summed E-state index contributed by atoms with van der Waals surface area (Å²) in [6.45, 7) is 0.570. The van der Waals surface area contributed by atoms with Gasteiger partial charge in [-0.15, -0.1) is 11.3 Å². The van der Waals surface area contributed by atoms with E-state index in [2.05, 4.69) is 31.1 Å². The molecule has 5 nitrogen and oxygen atoms in total. The Hall–Kier alpha value is -1.28. The van der Waals surface area contributed by atoms with Crippen molar-refractivity contribution in [3.63, 3.8) is 0 Å². The van der Waals surface area contributed by atoms with Gasteiger partial charge in [-0.3, -0.25) is 0 Å². The van der Waals surface area contributed by atoms with Crippen LogP contribution in [0.5, 0.6) is 0 Å². The number of nitrogens with zero attached hydrogens (tertiary/aromatic N) is 3. The Morgan fingerprint density at radius 1 is 1.33 bits per heavy atom. The SMILES string of the molecule is NCCc1nc(-c2nc(-c3ccc(Cl)c(Br)c3)no2)cs1. The van der Waals surface area contributed by atoms with E-state index >= 15 is 0 Å². The molecule has 0 aliphatic carbocycles. The van der Waals surface area contributed by atoms with Gasteiger partial charge in [0.2, 0.25) is 5.82 Å². The summed E-state index contributed by atoms with van der Waals surface area (Å²) in [6.07, 6.45) is 0.746. The summed E-state index contributed by atoms with van der Waals surface area (Å²) >= 11 is 10.9. The number of nitrogens with two attached hydrogens (primary N) is 1. The van der Waals surface area contributed by atoms with Gasteiger partial charge in [0.15, 0.2) is 0 Å². The second kappa shape index (κ2) is 6.23. The zero-order valence-corrected chi connectivity index (χ0v) is 13.9. The summed E-state index contributed by atoms with van der Waals surface area (Å²) in [5.74, 6) is 0.895. The average molecular weight is 386 g/mol. The van der Waals surface area contributed by atoms with Crippen molar-refractivity contribution in [1.29, 1.82) is 0 Å². The van der Waals surface area contributed by atoms with Crippen molar-refractivity contribution >= 4 is 38.9 Å². The molecule has 0 saturated heterocycles. The maximum absolute atomic E-state index is 5.97. The van der Waals surface area contributed by atoms with Gasteiger partial charge in [-0.1, -0.05) is 16.8 Å². The lowest BCUT2D eigenvalue weighted by Gasteiger charge is -1.97. The summed E-state index contributed by atoms with van der Waals surface area (Å²) in [5, 5.41) is 7.46. The number of hydrogen-bond donors (Lipinski definition) is 1. The second-order valence-corrected chi connectivity index (χ2v) is 6.42. The van der Waals surface area contributed by atoms with Crippen LogP contribution >= 0.6 is 38.9 Å². The molecule has 0 bridgehead atoms. The molecule has 0 fully saturated rings. The summed E-state index contributed by atoms with van der Waals surface area (Å²) in [6, 6.07) is 5.46. The summed E-state index contributed by atoms with van der Waals surface area (Å²) < 4.78 is 6.05. The van der Waals surface area contributed by atoms with Crippen molar-refractivity contribution in [1.82, 2.24) is 15.1 Å². The highest BCUT2D eigenvalue weighted by atomic mass is 79.9. The monoisotopic (exact) mass is 384 g/mol. The molecule has 2 aromatic heterocycles. The molecule has 0 unspecified atom stereocenters. The lowest BCUT2D eigenvalue weighted by atomic mass is 10.2.